The number of carbonyl (C=O) groups is 1. The van der Waals surface area contributed by atoms with Crippen LogP contribution in [0.3, 0.4) is 0 Å². The summed E-state index contributed by atoms with van der Waals surface area (Å²) in [6.07, 6.45) is 2.64. The van der Waals surface area contributed by atoms with Crippen LogP contribution in [-0.4, -0.2) is 23.9 Å². The molecule has 5 heteroatoms. The molecular weight excluding hydrogens is 390 g/mol. The number of nitrogens with zero attached hydrogens (tertiary/aromatic N) is 1. The summed E-state index contributed by atoms with van der Waals surface area (Å²) in [7, 11) is 0. The number of carbonyl (C=O) groups excluding carboxylic acids is 1. The van der Waals surface area contributed by atoms with Crippen molar-refractivity contribution >= 4 is 22.9 Å². The number of hydrogen-bond acceptors (Lipinski definition) is 4. The number of thiophene rings is 1. The molecular formula is C25H29N3OS. The summed E-state index contributed by atoms with van der Waals surface area (Å²) in [5, 5.41) is 3.11. The lowest BCUT2D eigenvalue weighted by Gasteiger charge is -2.16. The maximum absolute atomic E-state index is 12.8. The van der Waals surface area contributed by atoms with Crippen LogP contribution in [0.25, 0.3) is 10.4 Å². The molecule has 1 amide bonds. The van der Waals surface area contributed by atoms with Gasteiger partial charge in [0.05, 0.1) is 6.04 Å². The summed E-state index contributed by atoms with van der Waals surface area (Å²) >= 11 is 1.86. The largest absolute Gasteiger partial charge is 0.399 e. The van der Waals surface area contributed by atoms with Gasteiger partial charge < -0.3 is 11.1 Å². The van der Waals surface area contributed by atoms with E-state index in [9.17, 15) is 4.79 Å². The van der Waals surface area contributed by atoms with Gasteiger partial charge in [0, 0.05) is 27.5 Å². The highest BCUT2D eigenvalue weighted by molar-refractivity contribution is 7.15. The van der Waals surface area contributed by atoms with Crippen molar-refractivity contribution in [3.05, 3.63) is 76.2 Å². The number of nitrogens with one attached hydrogen (secondary N) is 1. The predicted molar refractivity (Wildman–Crippen MR) is 126 cm³/mol. The van der Waals surface area contributed by atoms with E-state index >= 15 is 0 Å². The Labute approximate surface area is 182 Å². The molecule has 156 valence electrons. The van der Waals surface area contributed by atoms with Crippen LogP contribution in [0.4, 0.5) is 5.69 Å². The molecule has 0 spiro atoms. The SMILES string of the molecule is Cc1ccc(N)cc1C(=O)N[C@H](C)c1cccc(-c2ccc(CN3CCCC3)s2)c1. The van der Waals surface area contributed by atoms with E-state index in [-0.39, 0.29) is 11.9 Å². The fourth-order valence-electron chi connectivity index (χ4n) is 3.98. The van der Waals surface area contributed by atoms with Gasteiger partial charge in [0.25, 0.3) is 5.91 Å². The van der Waals surface area contributed by atoms with Crippen LogP contribution in [0.1, 0.15) is 52.2 Å². The summed E-state index contributed by atoms with van der Waals surface area (Å²) in [6, 6.07) is 18.3. The van der Waals surface area contributed by atoms with Gasteiger partial charge in [0.1, 0.15) is 0 Å². The van der Waals surface area contributed by atoms with Crippen molar-refractivity contribution in [1.29, 1.82) is 0 Å². The number of aryl methyl sites for hydroxylation is 1. The van der Waals surface area contributed by atoms with E-state index < -0.39 is 0 Å². The molecule has 1 fully saturated rings. The average Bonchev–Trinajstić information content (AvgIpc) is 3.42. The second-order valence-corrected chi connectivity index (χ2v) is 9.31. The molecule has 1 aromatic heterocycles. The fourth-order valence-corrected chi connectivity index (χ4v) is 5.03. The Bertz CT molecular complexity index is 1040. The highest BCUT2D eigenvalue weighted by Crippen LogP contribution is 2.31. The number of rotatable bonds is 6. The zero-order valence-corrected chi connectivity index (χ0v) is 18.5. The zero-order chi connectivity index (χ0) is 21.1. The van der Waals surface area contributed by atoms with Gasteiger partial charge in [-0.15, -0.1) is 11.3 Å². The Morgan fingerprint density at radius 1 is 1.13 bits per heavy atom. The van der Waals surface area contributed by atoms with Crippen LogP contribution >= 0.6 is 11.3 Å². The number of hydrogen-bond donors (Lipinski definition) is 2. The van der Waals surface area contributed by atoms with E-state index in [4.69, 9.17) is 5.73 Å². The minimum atomic E-state index is -0.0956. The third-order valence-electron chi connectivity index (χ3n) is 5.76. The molecule has 0 aliphatic carbocycles. The second-order valence-electron chi connectivity index (χ2n) is 8.14. The molecule has 2 heterocycles. The first-order valence-electron chi connectivity index (χ1n) is 10.6. The maximum atomic E-state index is 12.8. The highest BCUT2D eigenvalue weighted by Gasteiger charge is 2.16. The Balaban J connectivity index is 1.47. The van der Waals surface area contributed by atoms with Crippen molar-refractivity contribution in [2.45, 2.75) is 39.3 Å². The molecule has 30 heavy (non-hydrogen) atoms. The maximum Gasteiger partial charge on any atom is 0.252 e. The van der Waals surface area contributed by atoms with E-state index in [1.807, 2.05) is 37.3 Å². The van der Waals surface area contributed by atoms with Gasteiger partial charge in [-0.25, -0.2) is 0 Å². The molecule has 1 saturated heterocycles. The number of benzene rings is 2. The molecule has 4 rings (SSSR count). The van der Waals surface area contributed by atoms with Crippen molar-refractivity contribution in [1.82, 2.24) is 10.2 Å². The molecule has 2 aromatic carbocycles. The highest BCUT2D eigenvalue weighted by atomic mass is 32.1. The molecule has 1 aliphatic heterocycles. The molecule has 0 radical (unpaired) electrons. The zero-order valence-electron chi connectivity index (χ0n) is 17.7. The van der Waals surface area contributed by atoms with Crippen molar-refractivity contribution in [3.8, 4) is 10.4 Å². The Kier molecular flexibility index (Phi) is 6.21. The number of nitrogen functional groups attached to an aromatic ring is 1. The Morgan fingerprint density at radius 2 is 1.93 bits per heavy atom. The number of nitrogens with two attached hydrogens (primary N) is 1. The van der Waals surface area contributed by atoms with Crippen LogP contribution in [0.5, 0.6) is 0 Å². The number of likely N-dealkylation sites (tertiary alicyclic amines) is 1. The number of amides is 1. The summed E-state index contributed by atoms with van der Waals surface area (Å²) in [5.74, 6) is -0.0956. The van der Waals surface area contributed by atoms with Crippen LogP contribution in [-0.2, 0) is 6.54 Å². The lowest BCUT2D eigenvalue weighted by molar-refractivity contribution is 0.0939. The molecule has 0 bridgehead atoms. The smallest absolute Gasteiger partial charge is 0.252 e. The van der Waals surface area contributed by atoms with Crippen molar-refractivity contribution in [2.24, 2.45) is 0 Å². The van der Waals surface area contributed by atoms with Crippen molar-refractivity contribution in [2.75, 3.05) is 18.8 Å². The first-order valence-corrected chi connectivity index (χ1v) is 11.4. The van der Waals surface area contributed by atoms with Crippen LogP contribution < -0.4 is 11.1 Å². The van der Waals surface area contributed by atoms with Crippen LogP contribution in [0.2, 0.25) is 0 Å². The van der Waals surface area contributed by atoms with E-state index in [2.05, 4.69) is 46.6 Å². The monoisotopic (exact) mass is 419 g/mol. The predicted octanol–water partition coefficient (Wildman–Crippen LogP) is 5.39. The minimum absolute atomic E-state index is 0.0951. The topological polar surface area (TPSA) is 58.4 Å². The lowest BCUT2D eigenvalue weighted by Crippen LogP contribution is -2.27. The van der Waals surface area contributed by atoms with Crippen LogP contribution in [0.15, 0.2) is 54.6 Å². The molecule has 0 unspecified atom stereocenters. The lowest BCUT2D eigenvalue weighted by atomic mass is 10.0. The third kappa shape index (κ3) is 4.74. The second kappa shape index (κ2) is 9.02. The van der Waals surface area contributed by atoms with Crippen molar-refractivity contribution < 1.29 is 4.79 Å². The normalized spacial score (nSPS) is 15.3. The quantitative estimate of drug-likeness (QED) is 0.527. The van der Waals surface area contributed by atoms with Gasteiger partial charge in [0.2, 0.25) is 0 Å². The van der Waals surface area contributed by atoms with E-state index in [0.29, 0.717) is 11.3 Å². The van der Waals surface area contributed by atoms with Gasteiger partial charge in [-0.2, -0.15) is 0 Å². The minimum Gasteiger partial charge on any atom is -0.399 e. The molecule has 3 N–H and O–H groups in total. The first kappa shape index (κ1) is 20.6. The summed E-state index contributed by atoms with van der Waals surface area (Å²) < 4.78 is 0. The summed E-state index contributed by atoms with van der Waals surface area (Å²) in [6.45, 7) is 7.43. The van der Waals surface area contributed by atoms with E-state index in [1.54, 1.807) is 6.07 Å². The molecule has 0 saturated carbocycles. The van der Waals surface area contributed by atoms with Gasteiger partial charge in [0.15, 0.2) is 0 Å². The van der Waals surface area contributed by atoms with E-state index in [1.165, 1.54) is 41.2 Å². The third-order valence-corrected chi connectivity index (χ3v) is 6.88. The van der Waals surface area contributed by atoms with Crippen LogP contribution in [0, 0.1) is 6.92 Å². The van der Waals surface area contributed by atoms with Gasteiger partial charge in [-0.05, 0) is 86.8 Å². The average molecular weight is 420 g/mol. The number of anilines is 1. The van der Waals surface area contributed by atoms with Crippen molar-refractivity contribution in [3.63, 3.8) is 0 Å². The van der Waals surface area contributed by atoms with Gasteiger partial charge in [-0.1, -0.05) is 24.3 Å². The summed E-state index contributed by atoms with van der Waals surface area (Å²) in [4.78, 5) is 18.0. The molecule has 1 aliphatic rings. The van der Waals surface area contributed by atoms with Gasteiger partial charge in [-0.3, -0.25) is 9.69 Å². The summed E-state index contributed by atoms with van der Waals surface area (Å²) in [5.41, 5.74) is 10.3. The Hall–Kier alpha value is -2.63. The standard InChI is InChI=1S/C25H29N3OS/c1-17-8-9-21(26)15-23(17)25(29)27-18(2)19-6-5-7-20(14-19)24-11-10-22(30-24)16-28-12-3-4-13-28/h5-11,14-15,18H,3-4,12-13,16,26H2,1-2H3,(H,27,29)/t18-/m1/s1. The first-order chi connectivity index (χ1) is 14.5. The van der Waals surface area contributed by atoms with E-state index in [0.717, 1.165) is 17.7 Å². The molecule has 4 nitrogen and oxygen atoms in total. The van der Waals surface area contributed by atoms with Gasteiger partial charge >= 0.3 is 0 Å². The molecule has 3 aromatic rings. The Morgan fingerprint density at radius 3 is 2.73 bits per heavy atom. The molecule has 1 atom stereocenters. The fraction of sp³-hybridized carbons (Fsp3) is 0.320.